The van der Waals surface area contributed by atoms with E-state index in [4.69, 9.17) is 13.9 Å². The molecule has 2 aromatic rings. The third-order valence-corrected chi connectivity index (χ3v) is 5.33. The van der Waals surface area contributed by atoms with Gasteiger partial charge in [-0.15, -0.1) is 0 Å². The van der Waals surface area contributed by atoms with E-state index in [0.29, 0.717) is 25.5 Å². The van der Waals surface area contributed by atoms with Gasteiger partial charge in [-0.3, -0.25) is 4.79 Å². The Labute approximate surface area is 166 Å². The van der Waals surface area contributed by atoms with E-state index in [-0.39, 0.29) is 11.3 Å². The van der Waals surface area contributed by atoms with Gasteiger partial charge in [0.15, 0.2) is 3.77 Å². The Morgan fingerprint density at radius 1 is 1.23 bits per heavy atom. The van der Waals surface area contributed by atoms with Crippen LogP contribution in [-0.2, 0) is 14.9 Å². The molecule has 1 aromatic heterocycles. The molecule has 0 aliphatic carbocycles. The van der Waals surface area contributed by atoms with Crippen LogP contribution in [0.25, 0.3) is 6.08 Å². The number of nitrogens with one attached hydrogen (secondary N) is 1. The zero-order valence-electron chi connectivity index (χ0n) is 14.7. The van der Waals surface area contributed by atoms with E-state index in [0.717, 1.165) is 22.4 Å². The van der Waals surface area contributed by atoms with Crippen molar-refractivity contribution in [1.29, 1.82) is 0 Å². The Kier molecular flexibility index (Phi) is 6.37. The molecule has 3 rings (SSSR count). The van der Waals surface area contributed by atoms with Crippen molar-refractivity contribution in [2.24, 2.45) is 0 Å². The highest BCUT2D eigenvalue weighted by Crippen LogP contribution is 2.35. The molecule has 1 N–H and O–H groups in total. The van der Waals surface area contributed by atoms with Crippen LogP contribution in [0.5, 0.6) is 5.75 Å². The van der Waals surface area contributed by atoms with Crippen molar-refractivity contribution in [3.05, 3.63) is 57.6 Å². The molecule has 138 valence electrons. The van der Waals surface area contributed by atoms with Gasteiger partial charge in [0.25, 0.3) is 0 Å². The van der Waals surface area contributed by atoms with E-state index < -0.39 is 0 Å². The number of benzene rings is 1. The quantitative estimate of drug-likeness (QED) is 0.519. The van der Waals surface area contributed by atoms with Gasteiger partial charge in [-0.2, -0.15) is 0 Å². The van der Waals surface area contributed by atoms with Gasteiger partial charge in [-0.1, -0.05) is 12.1 Å². The Bertz CT molecular complexity index is 760. The van der Waals surface area contributed by atoms with Crippen molar-refractivity contribution in [3.63, 3.8) is 0 Å². The Morgan fingerprint density at radius 2 is 1.96 bits per heavy atom. The smallest absolute Gasteiger partial charge is 0.244 e. The van der Waals surface area contributed by atoms with Crippen molar-refractivity contribution < 1.29 is 18.7 Å². The molecule has 0 atom stereocenters. The van der Waals surface area contributed by atoms with Crippen LogP contribution in [0, 0.1) is 3.77 Å². The Balaban J connectivity index is 1.68. The van der Waals surface area contributed by atoms with Gasteiger partial charge in [0.1, 0.15) is 11.5 Å². The Morgan fingerprint density at radius 3 is 2.58 bits per heavy atom. The third-order valence-electron chi connectivity index (χ3n) is 4.75. The van der Waals surface area contributed by atoms with Crippen LogP contribution in [-0.4, -0.2) is 32.8 Å². The standard InChI is InChI=1S/C20H22INO4/c1-24-16-4-2-15(3-5-16)20(10-12-25-13-11-20)14-22-19(23)9-7-17-6-8-18(21)26-17/h2-9H,10-14H2,1H3,(H,22,23). The SMILES string of the molecule is COc1ccc(C2(CNC(=O)C=Cc3ccc(I)o3)CCOCC2)cc1. The molecule has 0 saturated carbocycles. The fraction of sp³-hybridized carbons (Fsp3) is 0.350. The average Bonchev–Trinajstić information content (AvgIpc) is 3.11. The molecule has 1 aliphatic rings. The molecule has 1 aliphatic heterocycles. The summed E-state index contributed by atoms with van der Waals surface area (Å²) in [4.78, 5) is 12.2. The highest BCUT2D eigenvalue weighted by molar-refractivity contribution is 14.1. The summed E-state index contributed by atoms with van der Waals surface area (Å²) in [5.74, 6) is 1.37. The van der Waals surface area contributed by atoms with Crippen molar-refractivity contribution in [2.75, 3.05) is 26.9 Å². The summed E-state index contributed by atoms with van der Waals surface area (Å²) in [5.41, 5.74) is 1.08. The van der Waals surface area contributed by atoms with Crippen LogP contribution < -0.4 is 10.1 Å². The molecule has 6 heteroatoms. The predicted octanol–water partition coefficient (Wildman–Crippen LogP) is 3.77. The summed E-state index contributed by atoms with van der Waals surface area (Å²) < 4.78 is 17.0. The number of methoxy groups -OCH3 is 1. The molecule has 5 nitrogen and oxygen atoms in total. The number of ether oxygens (including phenoxy) is 2. The molecule has 1 aromatic carbocycles. The molecule has 0 unspecified atom stereocenters. The molecule has 0 bridgehead atoms. The number of carbonyl (C=O) groups is 1. The first kappa shape index (κ1) is 19.0. The second kappa shape index (κ2) is 8.73. The lowest BCUT2D eigenvalue weighted by molar-refractivity contribution is -0.116. The van der Waals surface area contributed by atoms with Gasteiger partial charge < -0.3 is 19.2 Å². The van der Waals surface area contributed by atoms with Crippen LogP contribution in [0.3, 0.4) is 0 Å². The first-order valence-electron chi connectivity index (χ1n) is 8.55. The second-order valence-electron chi connectivity index (χ2n) is 6.31. The highest BCUT2D eigenvalue weighted by atomic mass is 127. The molecule has 1 saturated heterocycles. The first-order valence-corrected chi connectivity index (χ1v) is 9.63. The first-order chi connectivity index (χ1) is 12.6. The lowest BCUT2D eigenvalue weighted by atomic mass is 9.74. The summed E-state index contributed by atoms with van der Waals surface area (Å²) in [6.45, 7) is 1.96. The topological polar surface area (TPSA) is 60.7 Å². The number of rotatable bonds is 6. The van der Waals surface area contributed by atoms with Crippen molar-refractivity contribution >= 4 is 34.6 Å². The predicted molar refractivity (Wildman–Crippen MR) is 108 cm³/mol. The highest BCUT2D eigenvalue weighted by Gasteiger charge is 2.34. The van der Waals surface area contributed by atoms with Gasteiger partial charge in [0, 0.05) is 31.2 Å². The minimum absolute atomic E-state index is 0.117. The zero-order chi connectivity index (χ0) is 18.4. The minimum Gasteiger partial charge on any atom is -0.497 e. The maximum Gasteiger partial charge on any atom is 0.244 e. The average molecular weight is 467 g/mol. The number of carbonyl (C=O) groups excluding carboxylic acids is 1. The fourth-order valence-corrected chi connectivity index (χ4v) is 3.60. The largest absolute Gasteiger partial charge is 0.497 e. The molecule has 1 fully saturated rings. The molecule has 26 heavy (non-hydrogen) atoms. The van der Waals surface area contributed by atoms with Gasteiger partial charge >= 0.3 is 0 Å². The number of halogens is 1. The van der Waals surface area contributed by atoms with Crippen LogP contribution in [0.2, 0.25) is 0 Å². The van der Waals surface area contributed by atoms with E-state index in [9.17, 15) is 4.79 Å². The summed E-state index contributed by atoms with van der Waals surface area (Å²) in [6.07, 6.45) is 4.94. The van der Waals surface area contributed by atoms with Gasteiger partial charge in [0.05, 0.1) is 7.11 Å². The molecule has 0 radical (unpaired) electrons. The summed E-state index contributed by atoms with van der Waals surface area (Å²) in [7, 11) is 1.66. The monoisotopic (exact) mass is 467 g/mol. The maximum absolute atomic E-state index is 12.2. The van der Waals surface area contributed by atoms with Gasteiger partial charge in [-0.05, 0) is 71.3 Å². The molecule has 1 amide bonds. The number of hydrogen-bond acceptors (Lipinski definition) is 4. The number of amides is 1. The van der Waals surface area contributed by atoms with E-state index in [2.05, 4.69) is 40.0 Å². The lowest BCUT2D eigenvalue weighted by Crippen LogP contribution is -2.44. The van der Waals surface area contributed by atoms with Crippen molar-refractivity contribution in [3.8, 4) is 5.75 Å². The fourth-order valence-electron chi connectivity index (χ4n) is 3.17. The van der Waals surface area contributed by atoms with Gasteiger partial charge in [0.2, 0.25) is 5.91 Å². The van der Waals surface area contributed by atoms with Crippen LogP contribution in [0.4, 0.5) is 0 Å². The number of hydrogen-bond donors (Lipinski definition) is 1. The van der Waals surface area contributed by atoms with E-state index in [1.54, 1.807) is 13.2 Å². The van der Waals surface area contributed by atoms with E-state index in [1.807, 2.05) is 24.3 Å². The molecular formula is C20H22INO4. The maximum atomic E-state index is 12.2. The van der Waals surface area contributed by atoms with Gasteiger partial charge in [-0.25, -0.2) is 0 Å². The minimum atomic E-state index is -0.129. The summed E-state index contributed by atoms with van der Waals surface area (Å²) >= 11 is 2.09. The van der Waals surface area contributed by atoms with Crippen molar-refractivity contribution in [2.45, 2.75) is 18.3 Å². The number of furan rings is 1. The summed E-state index contributed by atoms with van der Waals surface area (Å²) in [6, 6.07) is 11.8. The normalized spacial score (nSPS) is 16.5. The second-order valence-corrected chi connectivity index (χ2v) is 7.38. The third kappa shape index (κ3) is 4.67. The van der Waals surface area contributed by atoms with E-state index in [1.165, 1.54) is 11.6 Å². The zero-order valence-corrected chi connectivity index (χ0v) is 16.8. The van der Waals surface area contributed by atoms with Crippen LogP contribution >= 0.6 is 22.6 Å². The Hall–Kier alpha value is -1.80. The van der Waals surface area contributed by atoms with Crippen LogP contribution in [0.1, 0.15) is 24.2 Å². The van der Waals surface area contributed by atoms with E-state index >= 15 is 0 Å². The van der Waals surface area contributed by atoms with Crippen molar-refractivity contribution in [1.82, 2.24) is 5.32 Å². The molecule has 2 heterocycles. The molecular weight excluding hydrogens is 445 g/mol. The summed E-state index contributed by atoms with van der Waals surface area (Å²) in [5, 5.41) is 3.04. The lowest BCUT2D eigenvalue weighted by Gasteiger charge is -2.38. The molecule has 0 spiro atoms. The van der Waals surface area contributed by atoms with Crippen LogP contribution in [0.15, 0.2) is 46.9 Å².